The van der Waals surface area contributed by atoms with Crippen molar-refractivity contribution in [2.45, 2.75) is 13.8 Å². The van der Waals surface area contributed by atoms with Crippen molar-refractivity contribution in [3.8, 4) is 34.8 Å². The van der Waals surface area contributed by atoms with E-state index in [4.69, 9.17) is 9.47 Å². The Morgan fingerprint density at radius 2 is 0.731 bits per heavy atom. The summed E-state index contributed by atoms with van der Waals surface area (Å²) in [6.07, 6.45) is 3.61. The first-order chi connectivity index (χ1) is 37.2. The molecule has 4 aromatic heterocycles. The van der Waals surface area contributed by atoms with Crippen LogP contribution in [0, 0.1) is 39.3 Å². The van der Waals surface area contributed by atoms with E-state index in [0.717, 1.165) is 91.5 Å². The van der Waals surface area contributed by atoms with Crippen molar-refractivity contribution >= 4 is 68.5 Å². The van der Waals surface area contributed by atoms with Crippen LogP contribution < -0.4 is 38.9 Å². The summed E-state index contributed by atoms with van der Waals surface area (Å²) in [5.41, 5.74) is 10.6. The number of para-hydroxylation sites is 10. The van der Waals surface area contributed by atoms with Crippen molar-refractivity contribution < 1.29 is 61.8 Å². The van der Waals surface area contributed by atoms with Gasteiger partial charge in [-0.25, -0.2) is 19.9 Å². The van der Waals surface area contributed by atoms with Crippen LogP contribution in [-0.2, 0) is 42.1 Å². The molecule has 0 saturated heterocycles. The van der Waals surface area contributed by atoms with E-state index in [2.05, 4.69) is 54.0 Å². The van der Waals surface area contributed by atoms with Gasteiger partial charge in [0.1, 0.15) is 23.0 Å². The van der Waals surface area contributed by atoms with Gasteiger partial charge in [0.25, 0.3) is 0 Å². The summed E-state index contributed by atoms with van der Waals surface area (Å²) >= 11 is 0. The Bertz CT molecular complexity index is 3340. The number of aryl methyl sites for hydroxylation is 2. The number of anilines is 12. The second-order valence-corrected chi connectivity index (χ2v) is 17.7. The average Bonchev–Trinajstić information content (AvgIpc) is 4.10. The van der Waals surface area contributed by atoms with Crippen molar-refractivity contribution in [1.82, 2.24) is 19.9 Å². The number of fused-ring (bicyclic) bond motifs is 6. The summed E-state index contributed by atoms with van der Waals surface area (Å²) in [4.78, 5) is 29.3. The van der Waals surface area contributed by atoms with Crippen LogP contribution >= 0.6 is 0 Å². The number of nitrogens with zero attached hydrogens (tertiary/aromatic N) is 10. The third-order valence-electron chi connectivity index (χ3n) is 12.6. The fourth-order valence-corrected chi connectivity index (χ4v) is 9.05. The number of rotatable bonds is 4. The summed E-state index contributed by atoms with van der Waals surface area (Å²) in [5, 5.41) is 20.6. The van der Waals surface area contributed by atoms with Crippen molar-refractivity contribution in [3.63, 3.8) is 0 Å². The van der Waals surface area contributed by atoms with Gasteiger partial charge in [0, 0.05) is 35.2 Å². The van der Waals surface area contributed by atoms with Crippen LogP contribution in [0.25, 0.3) is 0 Å². The quantitative estimate of drug-likeness (QED) is 0.162. The molecule has 6 aromatic carbocycles. The molecule has 4 aliphatic heterocycles. The van der Waals surface area contributed by atoms with E-state index in [1.807, 2.05) is 255 Å². The Morgan fingerprint density at radius 1 is 0.397 bits per heavy atom. The van der Waals surface area contributed by atoms with Crippen molar-refractivity contribution in [3.05, 3.63) is 243 Å². The number of aromatic nitrogens is 4. The van der Waals surface area contributed by atoms with E-state index in [9.17, 15) is 10.2 Å². The van der Waals surface area contributed by atoms with Crippen LogP contribution in [0.5, 0.6) is 34.8 Å². The largest absolute Gasteiger partial charge is 2.00 e. The summed E-state index contributed by atoms with van der Waals surface area (Å²) in [5.74, 6) is 4.92. The number of hydrogen-bond donors (Lipinski definition) is 2. The first-order valence-electron chi connectivity index (χ1n) is 24.4. The number of aromatic hydroxyl groups is 2. The molecule has 0 amide bonds. The molecule has 14 rings (SSSR count). The number of pyridine rings is 4. The summed E-state index contributed by atoms with van der Waals surface area (Å²) < 4.78 is 11.9. The van der Waals surface area contributed by atoms with Crippen molar-refractivity contribution in [2.75, 3.05) is 43.5 Å². The van der Waals surface area contributed by atoms with E-state index < -0.39 is 0 Å². The molecule has 8 heterocycles. The monoisotopic (exact) mass is 1390 g/mol. The fourth-order valence-electron chi connectivity index (χ4n) is 9.05. The first kappa shape index (κ1) is 54.1. The fraction of sp³-hybridized carbons (Fsp3) is 0.0645. The molecule has 78 heavy (non-hydrogen) atoms. The Kier molecular flexibility index (Phi) is 16.7. The topological polar surface area (TPSA) is 130 Å². The zero-order chi connectivity index (χ0) is 52.1. The van der Waals surface area contributed by atoms with E-state index in [1.54, 1.807) is 0 Å². The minimum Gasteiger partial charge on any atom is -0.502 e. The zero-order valence-corrected chi connectivity index (χ0v) is 47.1. The van der Waals surface area contributed by atoms with Gasteiger partial charge in [0.15, 0.2) is 23.0 Å². The summed E-state index contributed by atoms with van der Waals surface area (Å²) in [6, 6.07) is 68.7. The number of hydrogen-bond acceptors (Lipinski definition) is 14. The van der Waals surface area contributed by atoms with Crippen LogP contribution in [0.4, 0.5) is 68.5 Å². The van der Waals surface area contributed by atoms with Gasteiger partial charge in [0.05, 0.1) is 22.7 Å². The molecule has 0 aliphatic carbocycles. The second kappa shape index (κ2) is 24.1. The van der Waals surface area contributed by atoms with Gasteiger partial charge in [0.2, 0.25) is 11.8 Å². The minimum atomic E-state index is 0. The van der Waals surface area contributed by atoms with Gasteiger partial charge in [-0.3, -0.25) is 9.80 Å². The molecular formula is C62H50N10O4Pt2. The first-order valence-corrected chi connectivity index (χ1v) is 24.4. The van der Waals surface area contributed by atoms with Crippen molar-refractivity contribution in [2.24, 2.45) is 0 Å². The van der Waals surface area contributed by atoms with Gasteiger partial charge in [-0.15, -0.1) is 11.4 Å². The van der Waals surface area contributed by atoms with Gasteiger partial charge in [-0.2, -0.15) is 74.0 Å². The predicted octanol–water partition coefficient (Wildman–Crippen LogP) is 14.5. The van der Waals surface area contributed by atoms with Gasteiger partial charge >= 0.3 is 42.1 Å². The second-order valence-electron chi connectivity index (χ2n) is 17.7. The molecule has 0 atom stereocenters. The third kappa shape index (κ3) is 11.1. The Labute approximate surface area is 482 Å². The molecule has 2 N–H and O–H groups in total. The molecule has 0 bridgehead atoms. The number of benzene rings is 6. The number of ether oxygens (including phenoxy) is 2. The molecule has 0 spiro atoms. The summed E-state index contributed by atoms with van der Waals surface area (Å²) in [7, 11) is 4.03. The minimum absolute atomic E-state index is 0. The molecule has 392 valence electrons. The maximum atomic E-state index is 10.3. The molecular weight excluding hydrogens is 1340 g/mol. The normalized spacial score (nSPS) is 12.7. The van der Waals surface area contributed by atoms with Crippen LogP contribution in [0.15, 0.2) is 207 Å². The van der Waals surface area contributed by atoms with Gasteiger partial charge < -0.3 is 39.3 Å². The van der Waals surface area contributed by atoms with Crippen LogP contribution in [0.3, 0.4) is 0 Å². The molecule has 0 radical (unpaired) electrons. The molecule has 0 fully saturated rings. The predicted molar refractivity (Wildman–Crippen MR) is 300 cm³/mol. The van der Waals surface area contributed by atoms with Crippen LogP contribution in [-0.4, -0.2) is 44.2 Å². The van der Waals surface area contributed by atoms with E-state index in [1.165, 1.54) is 0 Å². The zero-order valence-electron chi connectivity index (χ0n) is 42.6. The third-order valence-corrected chi connectivity index (χ3v) is 12.6. The van der Waals surface area contributed by atoms with Gasteiger partial charge in [-0.1, -0.05) is 48.5 Å². The molecule has 0 unspecified atom stereocenters. The van der Waals surface area contributed by atoms with E-state index >= 15 is 0 Å². The average molecular weight is 1390 g/mol. The van der Waals surface area contributed by atoms with E-state index in [-0.39, 0.29) is 53.9 Å². The molecule has 10 aromatic rings. The SMILES string of the molecule is CN1[CH-]N(c2[c-]cccc2)c2ncccc21.CN1[CH-]N(c2[c-]cccc2)c2ncccc21.Cc1ccc(N2c3ccccc3Oc3ccccc32)c(O)n1.Cc1ccc(N2c3ccccc3Oc3ccccc32)c(O)n1.[Pt+2].[Pt+2]. The molecule has 14 nitrogen and oxygen atoms in total. The molecule has 4 aliphatic rings. The maximum absolute atomic E-state index is 10.3. The Hall–Kier alpha value is -8.70. The smallest absolute Gasteiger partial charge is 0.502 e. The van der Waals surface area contributed by atoms with Crippen LogP contribution in [0.2, 0.25) is 0 Å². The Morgan fingerprint density at radius 3 is 1.06 bits per heavy atom. The molecule has 16 heteroatoms. The van der Waals surface area contributed by atoms with Crippen LogP contribution in [0.1, 0.15) is 11.4 Å². The van der Waals surface area contributed by atoms with Gasteiger partial charge in [-0.05, 0) is 125 Å². The molecule has 0 saturated carbocycles. The maximum Gasteiger partial charge on any atom is 2.00 e. The standard InChI is InChI=1S/2C18H14N2O2.2C13H11N3.2Pt/c2*1-12-10-11-15(18(21)19-12)20-13-6-2-4-8-16(13)22-17-9-5-3-7-14(17)20;2*1-15-10-16(11-6-3-2-4-7-11)13-12(15)8-5-9-14-13;;/h2*2-11H,1H3,(H,19,21);2*2-6,8-10H,1H3;;/q;;2*-2;2*+2. The Balaban J connectivity index is 0.000000127. The van der Waals surface area contributed by atoms with E-state index in [0.29, 0.717) is 11.4 Å². The summed E-state index contributed by atoms with van der Waals surface area (Å²) in [6.45, 7) is 7.74. The van der Waals surface area contributed by atoms with Crippen molar-refractivity contribution in [1.29, 1.82) is 0 Å².